The van der Waals surface area contributed by atoms with Crippen LogP contribution in [0.5, 0.6) is 0 Å². The zero-order chi connectivity index (χ0) is 22.1. The van der Waals surface area contributed by atoms with E-state index < -0.39 is 48.3 Å². The molecule has 12 heteroatoms. The lowest BCUT2D eigenvalue weighted by molar-refractivity contribution is -0.145. The molecule has 0 aromatic carbocycles. The van der Waals surface area contributed by atoms with Crippen LogP contribution in [-0.4, -0.2) is 39.1 Å². The standard InChI is InChI=1S/C18H17F6N5O/c1-8-12(19)3-13(29-8)16(30)26-5-10-2-9(4-25-14(10)15(20)21)11-6-27-17(28-7-11)18(22,23)24/h2,4,6-8,12-13,15,29H,3,5H2,1H3,(H,26,30)/t8-,12+,13-/m0/s1. The lowest BCUT2D eigenvalue weighted by atomic mass is 10.1. The Morgan fingerprint density at radius 3 is 2.37 bits per heavy atom. The van der Waals surface area contributed by atoms with Crippen molar-refractivity contribution in [2.75, 3.05) is 0 Å². The van der Waals surface area contributed by atoms with Crippen LogP contribution in [0.2, 0.25) is 0 Å². The lowest BCUT2D eigenvalue weighted by Gasteiger charge is -2.14. The molecular weight excluding hydrogens is 416 g/mol. The molecule has 1 amide bonds. The fraction of sp³-hybridized carbons (Fsp3) is 0.444. The highest BCUT2D eigenvalue weighted by atomic mass is 19.4. The average molecular weight is 433 g/mol. The molecule has 1 fully saturated rings. The molecule has 30 heavy (non-hydrogen) atoms. The third-order valence-electron chi connectivity index (χ3n) is 4.68. The van der Waals surface area contributed by atoms with Crippen molar-refractivity contribution in [2.24, 2.45) is 0 Å². The molecule has 0 spiro atoms. The van der Waals surface area contributed by atoms with Gasteiger partial charge in [-0.25, -0.2) is 23.1 Å². The number of amides is 1. The monoisotopic (exact) mass is 433 g/mol. The highest BCUT2D eigenvalue weighted by Crippen LogP contribution is 2.29. The second kappa shape index (κ2) is 8.54. The van der Waals surface area contributed by atoms with Gasteiger partial charge in [-0.2, -0.15) is 13.2 Å². The van der Waals surface area contributed by atoms with Gasteiger partial charge in [-0.05, 0) is 18.6 Å². The van der Waals surface area contributed by atoms with Gasteiger partial charge >= 0.3 is 6.18 Å². The van der Waals surface area contributed by atoms with Gasteiger partial charge < -0.3 is 10.6 Å². The number of nitrogens with zero attached hydrogens (tertiary/aromatic N) is 3. The minimum absolute atomic E-state index is 0.0291. The van der Waals surface area contributed by atoms with Crippen LogP contribution in [0.3, 0.4) is 0 Å². The topological polar surface area (TPSA) is 79.8 Å². The summed E-state index contributed by atoms with van der Waals surface area (Å²) in [6.07, 6.45) is -6.00. The van der Waals surface area contributed by atoms with Gasteiger partial charge in [-0.1, -0.05) is 0 Å². The van der Waals surface area contributed by atoms with E-state index in [4.69, 9.17) is 0 Å². The van der Waals surface area contributed by atoms with Gasteiger partial charge in [0.1, 0.15) is 11.9 Å². The molecule has 2 aromatic heterocycles. The van der Waals surface area contributed by atoms with Crippen molar-refractivity contribution in [3.8, 4) is 11.1 Å². The van der Waals surface area contributed by atoms with Crippen LogP contribution in [0.4, 0.5) is 26.3 Å². The lowest BCUT2D eigenvalue weighted by Crippen LogP contribution is -2.42. The number of pyridine rings is 1. The van der Waals surface area contributed by atoms with E-state index in [1.165, 1.54) is 6.07 Å². The van der Waals surface area contributed by atoms with Crippen LogP contribution in [0.15, 0.2) is 24.7 Å². The number of aromatic nitrogens is 3. The summed E-state index contributed by atoms with van der Waals surface area (Å²) in [7, 11) is 0. The third-order valence-corrected chi connectivity index (χ3v) is 4.68. The predicted octanol–water partition coefficient (Wildman–Crippen LogP) is 3.20. The maximum Gasteiger partial charge on any atom is 0.451 e. The Bertz CT molecular complexity index is 895. The maximum atomic E-state index is 13.6. The molecule has 0 saturated carbocycles. The molecule has 1 aliphatic rings. The molecule has 1 saturated heterocycles. The molecule has 0 aliphatic carbocycles. The van der Waals surface area contributed by atoms with Crippen LogP contribution in [-0.2, 0) is 17.5 Å². The summed E-state index contributed by atoms with van der Waals surface area (Å²) in [4.78, 5) is 22.3. The van der Waals surface area contributed by atoms with Crippen molar-refractivity contribution in [3.63, 3.8) is 0 Å². The molecule has 2 aromatic rings. The predicted molar refractivity (Wildman–Crippen MR) is 93.0 cm³/mol. The average Bonchev–Trinajstić information content (AvgIpc) is 3.04. The van der Waals surface area contributed by atoms with Crippen LogP contribution < -0.4 is 10.6 Å². The van der Waals surface area contributed by atoms with Gasteiger partial charge in [0.2, 0.25) is 11.7 Å². The summed E-state index contributed by atoms with van der Waals surface area (Å²) in [6.45, 7) is 1.27. The van der Waals surface area contributed by atoms with E-state index in [1.807, 2.05) is 0 Å². The minimum Gasteiger partial charge on any atom is -0.351 e. The Labute approximate surface area is 167 Å². The van der Waals surface area contributed by atoms with Gasteiger partial charge in [0.25, 0.3) is 6.43 Å². The molecule has 0 unspecified atom stereocenters. The van der Waals surface area contributed by atoms with Gasteiger partial charge in [0.15, 0.2) is 0 Å². The maximum absolute atomic E-state index is 13.6. The van der Waals surface area contributed by atoms with Crippen LogP contribution in [0.1, 0.15) is 36.9 Å². The summed E-state index contributed by atoms with van der Waals surface area (Å²) in [5.41, 5.74) is -0.272. The van der Waals surface area contributed by atoms with Gasteiger partial charge in [-0.15, -0.1) is 0 Å². The molecule has 0 bridgehead atoms. The first-order valence-corrected chi connectivity index (χ1v) is 8.90. The normalized spacial score (nSPS) is 21.8. The molecule has 3 atom stereocenters. The first-order valence-electron chi connectivity index (χ1n) is 8.90. The second-order valence-electron chi connectivity index (χ2n) is 6.84. The number of carbonyl (C=O) groups is 1. The molecule has 1 aliphatic heterocycles. The zero-order valence-electron chi connectivity index (χ0n) is 15.6. The van der Waals surface area contributed by atoms with E-state index in [-0.39, 0.29) is 29.7 Å². The number of rotatable bonds is 5. The van der Waals surface area contributed by atoms with Crippen molar-refractivity contribution >= 4 is 5.91 Å². The number of alkyl halides is 6. The summed E-state index contributed by atoms with van der Waals surface area (Å²) in [5, 5.41) is 5.24. The van der Waals surface area contributed by atoms with E-state index in [1.54, 1.807) is 6.92 Å². The van der Waals surface area contributed by atoms with E-state index in [0.717, 1.165) is 18.6 Å². The summed E-state index contributed by atoms with van der Waals surface area (Å²) < 4.78 is 77.9. The SMILES string of the molecule is C[C@@H]1N[C@H](C(=O)NCc2cc(-c3cnc(C(F)(F)F)nc3)cnc2C(F)F)C[C@H]1F. The van der Waals surface area contributed by atoms with Crippen molar-refractivity contribution < 1.29 is 31.1 Å². The Morgan fingerprint density at radius 2 is 1.83 bits per heavy atom. The number of hydrogen-bond acceptors (Lipinski definition) is 5. The van der Waals surface area contributed by atoms with Crippen molar-refractivity contribution in [2.45, 2.75) is 50.7 Å². The summed E-state index contributed by atoms with van der Waals surface area (Å²) in [6, 6.07) is -0.0184. The highest BCUT2D eigenvalue weighted by Gasteiger charge is 2.35. The van der Waals surface area contributed by atoms with Crippen LogP contribution >= 0.6 is 0 Å². The number of hydrogen-bond donors (Lipinski definition) is 2. The fourth-order valence-corrected chi connectivity index (χ4v) is 3.05. The first-order chi connectivity index (χ1) is 14.1. The molecule has 2 N–H and O–H groups in total. The Balaban J connectivity index is 1.79. The van der Waals surface area contributed by atoms with Crippen molar-refractivity contribution in [3.05, 3.63) is 41.7 Å². The molecule has 3 heterocycles. The Kier molecular flexibility index (Phi) is 6.25. The second-order valence-corrected chi connectivity index (χ2v) is 6.84. The van der Waals surface area contributed by atoms with Crippen molar-refractivity contribution in [1.29, 1.82) is 0 Å². The van der Waals surface area contributed by atoms with E-state index >= 15 is 0 Å². The number of carbonyl (C=O) groups excluding carboxylic acids is 1. The van der Waals surface area contributed by atoms with Crippen LogP contribution in [0.25, 0.3) is 11.1 Å². The molecular formula is C18H17F6N5O. The highest BCUT2D eigenvalue weighted by molar-refractivity contribution is 5.82. The van der Waals surface area contributed by atoms with Crippen LogP contribution in [0, 0.1) is 0 Å². The smallest absolute Gasteiger partial charge is 0.351 e. The van der Waals surface area contributed by atoms with Gasteiger partial charge in [0.05, 0.1) is 6.04 Å². The summed E-state index contributed by atoms with van der Waals surface area (Å²) >= 11 is 0. The number of nitrogens with one attached hydrogen (secondary N) is 2. The largest absolute Gasteiger partial charge is 0.451 e. The summed E-state index contributed by atoms with van der Waals surface area (Å²) in [5.74, 6) is -1.88. The quantitative estimate of drug-likeness (QED) is 0.708. The molecule has 162 valence electrons. The minimum atomic E-state index is -4.71. The molecule has 6 nitrogen and oxygen atoms in total. The van der Waals surface area contributed by atoms with Crippen molar-refractivity contribution in [1.82, 2.24) is 25.6 Å². The van der Waals surface area contributed by atoms with E-state index in [9.17, 15) is 31.1 Å². The zero-order valence-corrected chi connectivity index (χ0v) is 15.6. The molecule has 3 rings (SSSR count). The Morgan fingerprint density at radius 1 is 1.20 bits per heavy atom. The first kappa shape index (κ1) is 21.9. The Hall–Kier alpha value is -2.76. The molecule has 0 radical (unpaired) electrons. The third kappa shape index (κ3) is 4.86. The van der Waals surface area contributed by atoms with Gasteiger partial charge in [-0.3, -0.25) is 9.78 Å². The number of halogens is 6. The van der Waals surface area contributed by atoms with E-state index in [0.29, 0.717) is 0 Å². The fourth-order valence-electron chi connectivity index (χ4n) is 3.05. The van der Waals surface area contributed by atoms with Gasteiger partial charge in [0, 0.05) is 48.7 Å². The van der Waals surface area contributed by atoms with E-state index in [2.05, 4.69) is 25.6 Å².